The number of hydrogen-bond donors (Lipinski definition) is 2. The molecule has 3 atom stereocenters. The topological polar surface area (TPSA) is 156 Å². The zero-order chi connectivity index (χ0) is 25.5. The van der Waals surface area contributed by atoms with Gasteiger partial charge in [-0.15, -0.1) is 0 Å². The predicted molar refractivity (Wildman–Crippen MR) is 119 cm³/mol. The van der Waals surface area contributed by atoms with E-state index >= 15 is 0 Å². The third-order valence-electron chi connectivity index (χ3n) is 4.96. The van der Waals surface area contributed by atoms with Gasteiger partial charge < -0.3 is 19.9 Å². The predicted octanol–water partition coefficient (Wildman–Crippen LogP) is 1.40. The smallest absolute Gasteiger partial charge is 0.352 e. The fourth-order valence-electron chi connectivity index (χ4n) is 3.43. The van der Waals surface area contributed by atoms with E-state index in [9.17, 15) is 32.7 Å². The van der Waals surface area contributed by atoms with Gasteiger partial charge in [0.15, 0.2) is 21.3 Å². The summed E-state index contributed by atoms with van der Waals surface area (Å²) < 4.78 is 35.8. The van der Waals surface area contributed by atoms with Gasteiger partial charge in [0.2, 0.25) is 0 Å². The standard InChI is InChI=1S/C19H17Cl3N2O9S/c1-7(33-13-4-11(21)10(20)3-12(13)22)16(26)23-14-17(27)24-15(19(28)29)9(5-32-8(2)25)6-34(30,31)18(14)24/h3-4,7,14,18H,5-6H2,1-2H3,(H,23,26)(H,28,29)/t7?,14-,18-/m1/s1. The number of nitrogens with zero attached hydrogens (tertiary/aromatic N) is 1. The molecular formula is C19H17Cl3N2O9S. The summed E-state index contributed by atoms with van der Waals surface area (Å²) in [5.41, 5.74) is -0.869. The molecule has 2 aliphatic rings. The van der Waals surface area contributed by atoms with Gasteiger partial charge in [0.1, 0.15) is 24.1 Å². The number of β-lactam (4-membered cyclic amide) rings is 1. The van der Waals surface area contributed by atoms with Gasteiger partial charge in [0.25, 0.3) is 11.8 Å². The van der Waals surface area contributed by atoms with Crippen LogP contribution >= 0.6 is 34.8 Å². The average molecular weight is 556 g/mol. The highest BCUT2D eigenvalue weighted by molar-refractivity contribution is 7.92. The molecule has 1 aromatic rings. The second kappa shape index (κ2) is 9.61. The fourth-order valence-corrected chi connectivity index (χ4v) is 6.02. The Labute approximate surface area is 208 Å². The average Bonchev–Trinajstić information content (AvgIpc) is 2.72. The molecule has 0 radical (unpaired) electrons. The minimum Gasteiger partial charge on any atom is -0.479 e. The maximum Gasteiger partial charge on any atom is 0.352 e. The molecular weight excluding hydrogens is 539 g/mol. The van der Waals surface area contributed by atoms with Gasteiger partial charge in [-0.1, -0.05) is 34.8 Å². The van der Waals surface area contributed by atoms with Crippen molar-refractivity contribution >= 4 is 68.4 Å². The van der Waals surface area contributed by atoms with Crippen molar-refractivity contribution in [3.63, 3.8) is 0 Å². The molecule has 2 aliphatic heterocycles. The van der Waals surface area contributed by atoms with E-state index in [1.54, 1.807) is 0 Å². The van der Waals surface area contributed by atoms with Crippen LogP contribution in [0.4, 0.5) is 0 Å². The number of halogens is 3. The van der Waals surface area contributed by atoms with Gasteiger partial charge in [-0.05, 0) is 13.0 Å². The Balaban J connectivity index is 1.80. The molecule has 2 heterocycles. The highest BCUT2D eigenvalue weighted by atomic mass is 35.5. The highest BCUT2D eigenvalue weighted by Gasteiger charge is 2.60. The van der Waals surface area contributed by atoms with Gasteiger partial charge >= 0.3 is 11.9 Å². The molecule has 2 amide bonds. The van der Waals surface area contributed by atoms with Crippen molar-refractivity contribution in [2.75, 3.05) is 12.4 Å². The molecule has 0 spiro atoms. The first-order chi connectivity index (χ1) is 15.7. The van der Waals surface area contributed by atoms with Crippen LogP contribution in [0.15, 0.2) is 23.4 Å². The molecule has 1 aromatic carbocycles. The van der Waals surface area contributed by atoms with Crippen LogP contribution in [-0.4, -0.2) is 72.1 Å². The summed E-state index contributed by atoms with van der Waals surface area (Å²) in [6.45, 7) is 1.78. The number of nitrogens with one attached hydrogen (secondary N) is 1. The van der Waals surface area contributed by atoms with Crippen molar-refractivity contribution in [1.29, 1.82) is 0 Å². The van der Waals surface area contributed by atoms with Crippen LogP contribution in [0.2, 0.25) is 15.1 Å². The minimum absolute atomic E-state index is 0.0248. The molecule has 0 bridgehead atoms. The van der Waals surface area contributed by atoms with Gasteiger partial charge in [-0.25, -0.2) is 13.2 Å². The third kappa shape index (κ3) is 4.95. The summed E-state index contributed by atoms with van der Waals surface area (Å²) in [4.78, 5) is 48.7. The van der Waals surface area contributed by atoms with E-state index in [1.165, 1.54) is 19.1 Å². The molecule has 184 valence electrons. The zero-order valence-electron chi connectivity index (χ0n) is 17.5. The third-order valence-corrected chi connectivity index (χ3v) is 7.95. The van der Waals surface area contributed by atoms with Crippen LogP contribution in [0, 0.1) is 0 Å². The molecule has 0 aromatic heterocycles. The number of carbonyl (C=O) groups is 4. The SMILES string of the molecule is CC(=O)OCC1=C(C(=O)O)N2C(=O)[C@@H](NC(=O)C(C)Oc3cc(Cl)c(Cl)cc3Cl)[C@H]2S(=O)(=O)C1. The van der Waals surface area contributed by atoms with Crippen LogP contribution in [0.1, 0.15) is 13.8 Å². The highest BCUT2D eigenvalue weighted by Crippen LogP contribution is 2.37. The van der Waals surface area contributed by atoms with Crippen molar-refractivity contribution < 1.29 is 42.2 Å². The Kier molecular flexibility index (Phi) is 7.37. The first-order valence-electron chi connectivity index (χ1n) is 9.49. The zero-order valence-corrected chi connectivity index (χ0v) is 20.6. The largest absolute Gasteiger partial charge is 0.479 e. The van der Waals surface area contributed by atoms with Gasteiger partial charge in [0.05, 0.1) is 20.8 Å². The number of carbonyl (C=O) groups excluding carboxylic acids is 3. The molecule has 1 unspecified atom stereocenters. The number of esters is 1. The van der Waals surface area contributed by atoms with Crippen LogP contribution in [-0.2, 0) is 33.8 Å². The number of ether oxygens (including phenoxy) is 2. The van der Waals surface area contributed by atoms with E-state index in [-0.39, 0.29) is 26.4 Å². The maximum atomic E-state index is 12.8. The number of hydrogen-bond acceptors (Lipinski definition) is 8. The summed E-state index contributed by atoms with van der Waals surface area (Å²) in [6.07, 6.45) is -1.24. The molecule has 0 saturated carbocycles. The Morgan fingerprint density at radius 1 is 1.21 bits per heavy atom. The molecule has 3 rings (SSSR count). The van der Waals surface area contributed by atoms with E-state index in [4.69, 9.17) is 44.3 Å². The number of carboxylic acids is 1. The number of rotatable bonds is 7. The van der Waals surface area contributed by atoms with E-state index in [1.807, 2.05) is 0 Å². The van der Waals surface area contributed by atoms with Crippen molar-refractivity contribution in [3.8, 4) is 5.75 Å². The lowest BCUT2D eigenvalue weighted by molar-refractivity contribution is -0.152. The molecule has 1 fully saturated rings. The number of aliphatic carboxylic acids is 1. The molecule has 15 heteroatoms. The number of benzene rings is 1. The summed E-state index contributed by atoms with van der Waals surface area (Å²) in [5.74, 6) is -4.90. The van der Waals surface area contributed by atoms with Crippen LogP contribution in [0.3, 0.4) is 0 Å². The van der Waals surface area contributed by atoms with Gasteiger partial charge in [-0.2, -0.15) is 0 Å². The normalized spacial score (nSPS) is 21.8. The number of carboxylic acid groups (broad SMARTS) is 1. The number of fused-ring (bicyclic) bond motifs is 1. The Hall–Kier alpha value is -2.54. The molecule has 0 aliphatic carbocycles. The maximum absolute atomic E-state index is 12.8. The lowest BCUT2D eigenvalue weighted by Gasteiger charge is -2.49. The first kappa shape index (κ1) is 26.1. The molecule has 1 saturated heterocycles. The Morgan fingerprint density at radius 3 is 2.41 bits per heavy atom. The summed E-state index contributed by atoms with van der Waals surface area (Å²) in [7, 11) is -4.13. The lowest BCUT2D eigenvalue weighted by atomic mass is 10.0. The first-order valence-corrected chi connectivity index (χ1v) is 12.3. The van der Waals surface area contributed by atoms with Gasteiger partial charge in [-0.3, -0.25) is 19.3 Å². The van der Waals surface area contributed by atoms with Crippen LogP contribution in [0.25, 0.3) is 0 Å². The molecule has 34 heavy (non-hydrogen) atoms. The summed E-state index contributed by atoms with van der Waals surface area (Å²) >= 11 is 17.8. The summed E-state index contributed by atoms with van der Waals surface area (Å²) in [5, 5.41) is 10.5. The van der Waals surface area contributed by atoms with E-state index in [0.29, 0.717) is 4.90 Å². The van der Waals surface area contributed by atoms with Crippen molar-refractivity contribution in [3.05, 3.63) is 38.5 Å². The van der Waals surface area contributed by atoms with E-state index in [2.05, 4.69) is 5.32 Å². The summed E-state index contributed by atoms with van der Waals surface area (Å²) in [6, 6.07) is 1.05. The van der Waals surface area contributed by atoms with Crippen molar-refractivity contribution in [1.82, 2.24) is 10.2 Å². The van der Waals surface area contributed by atoms with Crippen molar-refractivity contribution in [2.24, 2.45) is 0 Å². The number of sulfone groups is 1. The number of amides is 2. The Morgan fingerprint density at radius 2 is 1.82 bits per heavy atom. The fraction of sp³-hybridized carbons (Fsp3) is 0.368. The second-order valence-corrected chi connectivity index (χ2v) is 10.7. The monoisotopic (exact) mass is 554 g/mol. The van der Waals surface area contributed by atoms with Crippen LogP contribution in [0.5, 0.6) is 5.75 Å². The molecule has 11 nitrogen and oxygen atoms in total. The lowest BCUT2D eigenvalue weighted by Crippen LogP contribution is -2.75. The van der Waals surface area contributed by atoms with Crippen molar-refractivity contribution in [2.45, 2.75) is 31.4 Å². The van der Waals surface area contributed by atoms with E-state index < -0.39 is 69.2 Å². The minimum atomic E-state index is -4.13. The van der Waals surface area contributed by atoms with E-state index in [0.717, 1.165) is 6.92 Å². The molecule has 2 N–H and O–H groups in total. The second-order valence-electron chi connectivity index (χ2n) is 7.39. The van der Waals surface area contributed by atoms with Crippen LogP contribution < -0.4 is 10.1 Å². The quantitative estimate of drug-likeness (QED) is 0.288. The van der Waals surface area contributed by atoms with Gasteiger partial charge in [0, 0.05) is 18.6 Å². The Bertz CT molecular complexity index is 1230.